The van der Waals surface area contributed by atoms with Gasteiger partial charge in [0.25, 0.3) is 16.0 Å². The fourth-order valence-electron chi connectivity index (χ4n) is 0.994. The Morgan fingerprint density at radius 2 is 1.93 bits per heavy atom. The van der Waals surface area contributed by atoms with Gasteiger partial charge in [-0.3, -0.25) is 0 Å². The second kappa shape index (κ2) is 3.70. The van der Waals surface area contributed by atoms with E-state index in [1.165, 1.54) is 12.1 Å². The largest absolute Gasteiger partial charge is 0.341 e. The van der Waals surface area contributed by atoms with Gasteiger partial charge in [0.05, 0.1) is 4.90 Å². The highest BCUT2D eigenvalue weighted by molar-refractivity contribution is 7.92. The van der Waals surface area contributed by atoms with Crippen molar-refractivity contribution in [1.29, 1.82) is 0 Å². The maximum atomic E-state index is 11.7. The van der Waals surface area contributed by atoms with Crippen LogP contribution in [0, 0.1) is 0 Å². The number of aromatic nitrogens is 2. The van der Waals surface area contributed by atoms with Crippen LogP contribution in [0.25, 0.3) is 0 Å². The molecular formula is C8H7N3O3S. The van der Waals surface area contributed by atoms with Crippen molar-refractivity contribution in [2.24, 2.45) is 0 Å². The molecule has 15 heavy (non-hydrogen) atoms. The third-order valence-electron chi connectivity index (χ3n) is 1.64. The standard InChI is InChI=1S/C8H7N3O3S/c12-15(13,7-4-2-1-3-5-7)11-8-9-6-14-10-8/h1-6H,(H,10,11). The van der Waals surface area contributed by atoms with Crippen LogP contribution >= 0.6 is 0 Å². The van der Waals surface area contributed by atoms with Crippen molar-refractivity contribution in [2.75, 3.05) is 4.72 Å². The monoisotopic (exact) mass is 225 g/mol. The second-order valence-corrected chi connectivity index (χ2v) is 4.36. The highest BCUT2D eigenvalue weighted by atomic mass is 32.2. The van der Waals surface area contributed by atoms with E-state index in [0.29, 0.717) is 0 Å². The number of anilines is 1. The Hall–Kier alpha value is -1.89. The van der Waals surface area contributed by atoms with Gasteiger partial charge >= 0.3 is 0 Å². The lowest BCUT2D eigenvalue weighted by Crippen LogP contribution is -2.13. The predicted octanol–water partition coefficient (Wildman–Crippen LogP) is 0.870. The molecule has 7 heteroatoms. The van der Waals surface area contributed by atoms with Gasteiger partial charge < -0.3 is 4.52 Å². The molecule has 0 unspecified atom stereocenters. The maximum Gasteiger partial charge on any atom is 0.277 e. The van der Waals surface area contributed by atoms with Crippen molar-refractivity contribution in [3.63, 3.8) is 0 Å². The highest BCUT2D eigenvalue weighted by Crippen LogP contribution is 2.11. The second-order valence-electron chi connectivity index (χ2n) is 2.67. The van der Waals surface area contributed by atoms with E-state index in [0.717, 1.165) is 6.39 Å². The third-order valence-corrected chi connectivity index (χ3v) is 2.98. The number of hydrogen-bond acceptors (Lipinski definition) is 5. The first-order chi connectivity index (χ1) is 7.18. The van der Waals surface area contributed by atoms with E-state index < -0.39 is 10.0 Å². The number of sulfonamides is 1. The summed E-state index contributed by atoms with van der Waals surface area (Å²) in [6, 6.07) is 7.94. The van der Waals surface area contributed by atoms with Gasteiger partial charge in [-0.1, -0.05) is 18.2 Å². The molecule has 0 spiro atoms. The molecule has 1 N–H and O–H groups in total. The van der Waals surface area contributed by atoms with Crippen molar-refractivity contribution in [2.45, 2.75) is 4.90 Å². The van der Waals surface area contributed by atoms with Crippen LogP contribution in [0.5, 0.6) is 0 Å². The van der Waals surface area contributed by atoms with Crippen molar-refractivity contribution >= 4 is 16.0 Å². The quantitative estimate of drug-likeness (QED) is 0.837. The number of hydrogen-bond donors (Lipinski definition) is 1. The summed E-state index contributed by atoms with van der Waals surface area (Å²) in [6.45, 7) is 0. The maximum absolute atomic E-state index is 11.7. The van der Waals surface area contributed by atoms with Crippen LogP contribution in [0.2, 0.25) is 0 Å². The van der Waals surface area contributed by atoms with Gasteiger partial charge in [0, 0.05) is 0 Å². The molecule has 1 aromatic carbocycles. The molecule has 0 bridgehead atoms. The summed E-state index contributed by atoms with van der Waals surface area (Å²) in [5.74, 6) is -0.0844. The first kappa shape index (κ1) is 9.66. The molecule has 0 amide bonds. The summed E-state index contributed by atoms with van der Waals surface area (Å²) in [5.41, 5.74) is 0. The van der Waals surface area contributed by atoms with Crippen molar-refractivity contribution in [1.82, 2.24) is 10.1 Å². The third kappa shape index (κ3) is 2.13. The summed E-state index contributed by atoms with van der Waals surface area (Å²) >= 11 is 0. The molecule has 0 aliphatic carbocycles. The molecule has 0 atom stereocenters. The number of nitrogens with zero attached hydrogens (tertiary/aromatic N) is 2. The van der Waals surface area contributed by atoms with Crippen LogP contribution in [0.4, 0.5) is 5.95 Å². The van der Waals surface area contributed by atoms with E-state index in [1.54, 1.807) is 18.2 Å². The minimum Gasteiger partial charge on any atom is -0.341 e. The Morgan fingerprint density at radius 1 is 1.20 bits per heavy atom. The van der Waals surface area contributed by atoms with Gasteiger partial charge in [-0.25, -0.2) is 13.1 Å². The Labute approximate surface area is 86.0 Å². The van der Waals surface area contributed by atoms with E-state index in [1.807, 2.05) is 0 Å². The van der Waals surface area contributed by atoms with Gasteiger partial charge in [-0.15, -0.1) is 0 Å². The Balaban J connectivity index is 2.29. The topological polar surface area (TPSA) is 85.1 Å². The van der Waals surface area contributed by atoms with Gasteiger partial charge in [0.1, 0.15) is 0 Å². The molecule has 2 aromatic rings. The lowest BCUT2D eigenvalue weighted by Gasteiger charge is -2.02. The fourth-order valence-corrected chi connectivity index (χ4v) is 1.96. The Morgan fingerprint density at radius 3 is 2.53 bits per heavy atom. The molecule has 0 aliphatic heterocycles. The molecule has 0 radical (unpaired) electrons. The summed E-state index contributed by atoms with van der Waals surface area (Å²) in [4.78, 5) is 3.71. The Kier molecular flexibility index (Phi) is 2.38. The molecule has 6 nitrogen and oxygen atoms in total. The summed E-state index contributed by atoms with van der Waals surface area (Å²) < 4.78 is 29.9. The van der Waals surface area contributed by atoms with Gasteiger partial charge in [-0.05, 0) is 17.3 Å². The number of benzene rings is 1. The minimum atomic E-state index is -3.62. The van der Waals surface area contributed by atoms with Crippen LogP contribution in [-0.2, 0) is 10.0 Å². The number of nitrogens with one attached hydrogen (secondary N) is 1. The molecule has 1 heterocycles. The SMILES string of the molecule is O=S(=O)(Nc1ncon1)c1ccccc1. The van der Waals surface area contributed by atoms with Gasteiger partial charge in [0.2, 0.25) is 6.39 Å². The Bertz CT molecular complexity index is 522. The first-order valence-electron chi connectivity index (χ1n) is 4.03. The van der Waals surface area contributed by atoms with Gasteiger partial charge in [-0.2, -0.15) is 4.98 Å². The summed E-state index contributed by atoms with van der Waals surface area (Å²) in [6.07, 6.45) is 1.04. The molecule has 0 fully saturated rings. The van der Waals surface area contributed by atoms with E-state index in [-0.39, 0.29) is 10.8 Å². The van der Waals surface area contributed by atoms with E-state index in [9.17, 15) is 8.42 Å². The van der Waals surface area contributed by atoms with Crippen LogP contribution in [0.15, 0.2) is 46.1 Å². The molecule has 1 aromatic heterocycles. The summed E-state index contributed by atoms with van der Waals surface area (Å²) in [5, 5.41) is 3.35. The fraction of sp³-hybridized carbons (Fsp3) is 0. The van der Waals surface area contributed by atoms with E-state index in [4.69, 9.17) is 0 Å². The highest BCUT2D eigenvalue weighted by Gasteiger charge is 2.15. The molecule has 0 saturated carbocycles. The normalized spacial score (nSPS) is 11.2. The van der Waals surface area contributed by atoms with Crippen LogP contribution in [0.3, 0.4) is 0 Å². The predicted molar refractivity (Wildman–Crippen MR) is 51.5 cm³/mol. The zero-order valence-corrected chi connectivity index (χ0v) is 8.31. The zero-order valence-electron chi connectivity index (χ0n) is 7.49. The average molecular weight is 225 g/mol. The molecule has 0 saturated heterocycles. The lowest BCUT2D eigenvalue weighted by atomic mass is 10.4. The molecular weight excluding hydrogens is 218 g/mol. The molecule has 78 valence electrons. The van der Waals surface area contributed by atoms with Crippen molar-refractivity contribution in [3.8, 4) is 0 Å². The first-order valence-corrected chi connectivity index (χ1v) is 5.51. The van der Waals surface area contributed by atoms with Crippen molar-refractivity contribution < 1.29 is 12.9 Å². The van der Waals surface area contributed by atoms with Gasteiger partial charge in [0.15, 0.2) is 0 Å². The molecule has 0 aliphatic rings. The number of rotatable bonds is 3. The average Bonchev–Trinajstić information content (AvgIpc) is 2.71. The van der Waals surface area contributed by atoms with Crippen molar-refractivity contribution in [3.05, 3.63) is 36.7 Å². The zero-order chi connectivity index (χ0) is 10.7. The minimum absolute atomic E-state index is 0.0844. The van der Waals surface area contributed by atoms with E-state index >= 15 is 0 Å². The van der Waals surface area contributed by atoms with Crippen LogP contribution in [-0.4, -0.2) is 18.6 Å². The van der Waals surface area contributed by atoms with Crippen LogP contribution in [0.1, 0.15) is 0 Å². The van der Waals surface area contributed by atoms with Crippen LogP contribution < -0.4 is 4.72 Å². The molecule has 2 rings (SSSR count). The summed E-state index contributed by atoms with van der Waals surface area (Å²) in [7, 11) is -3.62. The lowest BCUT2D eigenvalue weighted by molar-refractivity contribution is 0.419. The van der Waals surface area contributed by atoms with E-state index in [2.05, 4.69) is 19.4 Å². The smallest absolute Gasteiger partial charge is 0.277 e.